The molecule has 0 aromatic heterocycles. The number of aliphatic carboxylic acids is 1. The second-order valence-electron chi connectivity index (χ2n) is 6.83. The molecule has 1 heterocycles. The van der Waals surface area contributed by atoms with E-state index in [-0.39, 0.29) is 17.4 Å². The van der Waals surface area contributed by atoms with Gasteiger partial charge in [0.2, 0.25) is 5.91 Å². The van der Waals surface area contributed by atoms with Crippen molar-refractivity contribution in [1.29, 1.82) is 0 Å². The molecule has 114 valence electrons. The van der Waals surface area contributed by atoms with Gasteiger partial charge in [-0.15, -0.1) is 0 Å². The number of hydrogen-bond acceptors (Lipinski definition) is 3. The average Bonchev–Trinajstić information content (AvgIpc) is 2.41. The summed E-state index contributed by atoms with van der Waals surface area (Å²) in [6.45, 7) is 6.50. The average molecular weight is 282 g/mol. The van der Waals surface area contributed by atoms with Gasteiger partial charge in [-0.1, -0.05) is 12.8 Å². The van der Waals surface area contributed by atoms with Crippen molar-refractivity contribution in [2.24, 2.45) is 11.8 Å². The normalized spacial score (nSPS) is 31.1. The fourth-order valence-electron chi connectivity index (χ4n) is 3.38. The maximum Gasteiger partial charge on any atom is 0.307 e. The van der Waals surface area contributed by atoms with Crippen LogP contribution in [0.5, 0.6) is 0 Å². The molecule has 5 nitrogen and oxygen atoms in total. The van der Waals surface area contributed by atoms with E-state index in [2.05, 4.69) is 25.8 Å². The molecule has 20 heavy (non-hydrogen) atoms. The number of carbonyl (C=O) groups is 2. The van der Waals surface area contributed by atoms with Gasteiger partial charge >= 0.3 is 5.97 Å². The molecular weight excluding hydrogens is 256 g/mol. The van der Waals surface area contributed by atoms with Crippen LogP contribution in [-0.4, -0.2) is 59.0 Å². The van der Waals surface area contributed by atoms with Crippen LogP contribution in [0.4, 0.5) is 0 Å². The Bertz CT molecular complexity index is 395. The van der Waals surface area contributed by atoms with Gasteiger partial charge in [-0.3, -0.25) is 14.5 Å². The summed E-state index contributed by atoms with van der Waals surface area (Å²) in [6, 6.07) is 0. The minimum Gasteiger partial charge on any atom is -0.481 e. The zero-order valence-corrected chi connectivity index (χ0v) is 12.8. The van der Waals surface area contributed by atoms with Crippen LogP contribution in [0.2, 0.25) is 0 Å². The van der Waals surface area contributed by atoms with Crippen molar-refractivity contribution in [3.05, 3.63) is 0 Å². The fourth-order valence-corrected chi connectivity index (χ4v) is 3.38. The van der Waals surface area contributed by atoms with Crippen molar-refractivity contribution in [3.63, 3.8) is 0 Å². The highest BCUT2D eigenvalue weighted by atomic mass is 16.4. The molecule has 1 N–H and O–H groups in total. The molecule has 2 fully saturated rings. The maximum absolute atomic E-state index is 12.7. The molecule has 2 atom stereocenters. The molecule has 5 heteroatoms. The third-order valence-electron chi connectivity index (χ3n) is 5.03. The zero-order chi connectivity index (χ0) is 14.9. The van der Waals surface area contributed by atoms with Crippen LogP contribution in [0.1, 0.15) is 39.5 Å². The van der Waals surface area contributed by atoms with Gasteiger partial charge in [-0.25, -0.2) is 0 Å². The lowest BCUT2D eigenvalue weighted by atomic mass is 9.78. The van der Waals surface area contributed by atoms with Gasteiger partial charge in [-0.2, -0.15) is 0 Å². The molecule has 1 aliphatic heterocycles. The predicted octanol–water partition coefficient (Wildman–Crippen LogP) is 1.43. The van der Waals surface area contributed by atoms with Gasteiger partial charge in [0, 0.05) is 25.2 Å². The summed E-state index contributed by atoms with van der Waals surface area (Å²) in [4.78, 5) is 28.2. The number of hydrogen-bond donors (Lipinski definition) is 1. The van der Waals surface area contributed by atoms with Crippen molar-refractivity contribution >= 4 is 11.9 Å². The number of likely N-dealkylation sites (N-methyl/N-ethyl adjacent to an activating group) is 1. The van der Waals surface area contributed by atoms with Crippen LogP contribution >= 0.6 is 0 Å². The number of nitrogens with zero attached hydrogens (tertiary/aromatic N) is 2. The van der Waals surface area contributed by atoms with E-state index >= 15 is 0 Å². The van der Waals surface area contributed by atoms with Gasteiger partial charge < -0.3 is 10.0 Å². The summed E-state index contributed by atoms with van der Waals surface area (Å²) in [7, 11) is 2.07. The fraction of sp³-hybridized carbons (Fsp3) is 0.867. The second kappa shape index (κ2) is 5.72. The van der Waals surface area contributed by atoms with Crippen LogP contribution in [0.25, 0.3) is 0 Å². The first-order valence-electron chi connectivity index (χ1n) is 7.56. The molecule has 0 unspecified atom stereocenters. The number of carbonyl (C=O) groups excluding carboxylic acids is 1. The Morgan fingerprint density at radius 1 is 1.10 bits per heavy atom. The largest absolute Gasteiger partial charge is 0.481 e. The predicted molar refractivity (Wildman–Crippen MR) is 76.4 cm³/mol. The Balaban J connectivity index is 2.08. The Labute approximate surface area is 120 Å². The lowest BCUT2D eigenvalue weighted by Crippen LogP contribution is -2.60. The molecule has 2 aliphatic rings. The molecule has 1 aliphatic carbocycles. The summed E-state index contributed by atoms with van der Waals surface area (Å²) in [5.74, 6) is -1.56. The van der Waals surface area contributed by atoms with Crippen LogP contribution in [0.15, 0.2) is 0 Å². The van der Waals surface area contributed by atoms with E-state index in [0.717, 1.165) is 25.8 Å². The van der Waals surface area contributed by atoms with Crippen molar-refractivity contribution < 1.29 is 14.7 Å². The topological polar surface area (TPSA) is 60.9 Å². The number of rotatable bonds is 2. The van der Waals surface area contributed by atoms with Crippen molar-refractivity contribution in [2.45, 2.75) is 45.1 Å². The molecule has 0 aromatic rings. The summed E-state index contributed by atoms with van der Waals surface area (Å²) >= 11 is 0. The SMILES string of the molecule is CN1CCN(C(=O)[C@@H]2CCCC[C@@H]2C(=O)O)CC1(C)C. The summed E-state index contributed by atoms with van der Waals surface area (Å²) < 4.78 is 0. The van der Waals surface area contributed by atoms with E-state index in [4.69, 9.17) is 0 Å². The molecule has 1 saturated heterocycles. The van der Waals surface area contributed by atoms with Crippen LogP contribution in [0.3, 0.4) is 0 Å². The number of piperazine rings is 1. The maximum atomic E-state index is 12.7. The highest BCUT2D eigenvalue weighted by Gasteiger charge is 2.41. The van der Waals surface area contributed by atoms with E-state index in [1.807, 2.05) is 4.90 Å². The molecule has 0 spiro atoms. The lowest BCUT2D eigenvalue weighted by Gasteiger charge is -2.46. The van der Waals surface area contributed by atoms with Crippen LogP contribution < -0.4 is 0 Å². The summed E-state index contributed by atoms with van der Waals surface area (Å²) in [5.41, 5.74) is -0.0404. The van der Waals surface area contributed by atoms with Gasteiger partial charge in [0.1, 0.15) is 0 Å². The monoisotopic (exact) mass is 282 g/mol. The third-order valence-corrected chi connectivity index (χ3v) is 5.03. The number of carboxylic acid groups (broad SMARTS) is 1. The Hall–Kier alpha value is -1.10. The lowest BCUT2D eigenvalue weighted by molar-refractivity contribution is -0.154. The first kappa shape index (κ1) is 15.3. The molecule has 1 saturated carbocycles. The van der Waals surface area contributed by atoms with E-state index in [0.29, 0.717) is 19.5 Å². The highest BCUT2D eigenvalue weighted by Crippen LogP contribution is 2.33. The van der Waals surface area contributed by atoms with Crippen LogP contribution in [0, 0.1) is 11.8 Å². The molecule has 0 aromatic carbocycles. The quantitative estimate of drug-likeness (QED) is 0.832. The van der Waals surface area contributed by atoms with Gasteiger partial charge in [0.05, 0.1) is 11.8 Å². The molecule has 1 amide bonds. The van der Waals surface area contributed by atoms with Crippen molar-refractivity contribution in [3.8, 4) is 0 Å². The molecular formula is C15H26N2O3. The third kappa shape index (κ3) is 2.97. The minimum atomic E-state index is -0.809. The van der Waals surface area contributed by atoms with E-state index in [1.54, 1.807) is 0 Å². The van der Waals surface area contributed by atoms with E-state index < -0.39 is 11.9 Å². The van der Waals surface area contributed by atoms with Gasteiger partial charge in [-0.05, 0) is 33.7 Å². The zero-order valence-electron chi connectivity index (χ0n) is 12.8. The van der Waals surface area contributed by atoms with Crippen LogP contribution in [-0.2, 0) is 9.59 Å². The van der Waals surface area contributed by atoms with Gasteiger partial charge in [0.25, 0.3) is 0 Å². The Morgan fingerprint density at radius 3 is 2.25 bits per heavy atom. The summed E-state index contributed by atoms with van der Waals surface area (Å²) in [6.07, 6.45) is 3.26. The standard InChI is InChI=1S/C15H26N2O3/c1-15(2)10-17(9-8-16(15)3)13(18)11-6-4-5-7-12(11)14(19)20/h11-12H,4-10H2,1-3H3,(H,19,20)/t11-,12+/m1/s1. The molecule has 0 radical (unpaired) electrons. The number of amides is 1. The molecule has 2 rings (SSSR count). The first-order chi connectivity index (χ1) is 9.33. The minimum absolute atomic E-state index is 0.0404. The highest BCUT2D eigenvalue weighted by molar-refractivity contribution is 5.85. The number of carboxylic acids is 1. The van der Waals surface area contributed by atoms with Gasteiger partial charge in [0.15, 0.2) is 0 Å². The first-order valence-corrected chi connectivity index (χ1v) is 7.56. The smallest absolute Gasteiger partial charge is 0.307 e. The van der Waals surface area contributed by atoms with Crippen molar-refractivity contribution in [1.82, 2.24) is 9.80 Å². The van der Waals surface area contributed by atoms with E-state index in [1.165, 1.54) is 0 Å². The Kier molecular flexibility index (Phi) is 4.37. The second-order valence-corrected chi connectivity index (χ2v) is 6.83. The van der Waals surface area contributed by atoms with Crippen molar-refractivity contribution in [2.75, 3.05) is 26.7 Å². The Morgan fingerprint density at radius 2 is 1.70 bits per heavy atom. The van der Waals surface area contributed by atoms with E-state index in [9.17, 15) is 14.7 Å². The summed E-state index contributed by atoms with van der Waals surface area (Å²) in [5, 5.41) is 9.32. The molecule has 0 bridgehead atoms.